The maximum atomic E-state index is 12.9. The first-order valence-corrected chi connectivity index (χ1v) is 9.58. The number of anilines is 1. The van der Waals surface area contributed by atoms with Crippen LogP contribution in [0.25, 0.3) is 22.3 Å². The zero-order valence-corrected chi connectivity index (χ0v) is 16.5. The van der Waals surface area contributed by atoms with E-state index in [1.54, 1.807) is 32.0 Å². The van der Waals surface area contributed by atoms with E-state index >= 15 is 0 Å². The number of hydrogen-bond donors (Lipinski definition) is 1. The predicted molar refractivity (Wildman–Crippen MR) is 112 cm³/mol. The Labute approximate surface area is 170 Å². The van der Waals surface area contributed by atoms with Gasteiger partial charge in [0.05, 0.1) is 16.6 Å². The fourth-order valence-electron chi connectivity index (χ4n) is 3.11. The number of amides is 1. The normalized spacial score (nSPS) is 10.7. The van der Waals surface area contributed by atoms with E-state index in [9.17, 15) is 14.9 Å². The van der Waals surface area contributed by atoms with Crippen molar-refractivity contribution in [3.63, 3.8) is 0 Å². The van der Waals surface area contributed by atoms with Gasteiger partial charge in [-0.15, -0.1) is 0 Å². The summed E-state index contributed by atoms with van der Waals surface area (Å²) >= 11 is 1.04. The van der Waals surface area contributed by atoms with Crippen LogP contribution in [0.1, 0.15) is 27.2 Å². The molecule has 0 atom stereocenters. The lowest BCUT2D eigenvalue weighted by Crippen LogP contribution is -2.15. The Kier molecular flexibility index (Phi) is 4.71. The van der Waals surface area contributed by atoms with Crippen LogP contribution in [0.5, 0.6) is 0 Å². The van der Waals surface area contributed by atoms with Gasteiger partial charge in [-0.05, 0) is 37.5 Å². The molecule has 1 N–H and O–H groups in total. The first-order valence-electron chi connectivity index (χ1n) is 8.81. The van der Waals surface area contributed by atoms with Crippen LogP contribution in [0.15, 0.2) is 57.7 Å². The molecule has 0 unspecified atom stereocenters. The number of rotatable bonds is 3. The van der Waals surface area contributed by atoms with Crippen molar-refractivity contribution in [2.75, 3.05) is 5.32 Å². The molecular weight excluding hydrogens is 386 g/mol. The lowest BCUT2D eigenvalue weighted by molar-refractivity contribution is 0.102. The molecular formula is C22H15N3O3S. The molecule has 0 aliphatic heterocycles. The largest absolute Gasteiger partial charge is 0.455 e. The molecule has 142 valence electrons. The number of hydrogen-bond acceptors (Lipinski definition) is 6. The van der Waals surface area contributed by atoms with Gasteiger partial charge in [-0.1, -0.05) is 36.4 Å². The molecule has 29 heavy (non-hydrogen) atoms. The highest BCUT2D eigenvalue weighted by Gasteiger charge is 2.20. The van der Waals surface area contributed by atoms with Gasteiger partial charge in [-0.2, -0.15) is 9.64 Å². The van der Waals surface area contributed by atoms with Crippen molar-refractivity contribution in [2.24, 2.45) is 0 Å². The Morgan fingerprint density at radius 2 is 1.90 bits per heavy atom. The van der Waals surface area contributed by atoms with E-state index in [0.717, 1.165) is 17.1 Å². The van der Waals surface area contributed by atoms with Crippen molar-refractivity contribution in [2.45, 2.75) is 13.8 Å². The summed E-state index contributed by atoms with van der Waals surface area (Å²) in [5.74, 6) is -0.0449. The molecule has 2 heterocycles. The van der Waals surface area contributed by atoms with E-state index in [2.05, 4.69) is 9.69 Å². The molecule has 2 aromatic carbocycles. The molecule has 0 radical (unpaired) electrons. The van der Waals surface area contributed by atoms with Crippen LogP contribution in [-0.4, -0.2) is 10.3 Å². The van der Waals surface area contributed by atoms with Crippen molar-refractivity contribution in [3.05, 3.63) is 81.1 Å². The van der Waals surface area contributed by atoms with Crippen LogP contribution in [0, 0.1) is 25.2 Å². The topological polar surface area (TPSA) is 96.0 Å². The highest BCUT2D eigenvalue weighted by atomic mass is 32.1. The summed E-state index contributed by atoms with van der Waals surface area (Å²) in [7, 11) is 0. The van der Waals surface area contributed by atoms with E-state index in [1.807, 2.05) is 36.4 Å². The van der Waals surface area contributed by atoms with Crippen molar-refractivity contribution < 1.29 is 9.21 Å². The number of para-hydroxylation sites is 1. The first-order chi connectivity index (χ1) is 14.0. The molecule has 2 aromatic heterocycles. The number of carbonyl (C=O) groups excluding carboxylic acids is 1. The highest BCUT2D eigenvalue weighted by Crippen LogP contribution is 2.29. The minimum atomic E-state index is -0.471. The molecule has 6 nitrogen and oxygen atoms in total. The second kappa shape index (κ2) is 7.34. The Bertz CT molecular complexity index is 1350. The maximum Gasteiger partial charge on any atom is 0.260 e. The Balaban J connectivity index is 1.87. The summed E-state index contributed by atoms with van der Waals surface area (Å²) in [6.45, 7) is 3.41. The molecule has 0 aliphatic rings. The van der Waals surface area contributed by atoms with Gasteiger partial charge in [0.25, 0.3) is 5.91 Å². The molecule has 7 heteroatoms. The number of aromatic nitrogens is 1. The van der Waals surface area contributed by atoms with Crippen molar-refractivity contribution in [3.8, 4) is 17.4 Å². The van der Waals surface area contributed by atoms with E-state index in [1.165, 1.54) is 0 Å². The molecule has 0 bridgehead atoms. The molecule has 1 amide bonds. The van der Waals surface area contributed by atoms with Crippen LogP contribution in [0.4, 0.5) is 5.00 Å². The van der Waals surface area contributed by atoms with E-state index < -0.39 is 5.91 Å². The fourth-order valence-corrected chi connectivity index (χ4v) is 3.85. The van der Waals surface area contributed by atoms with Gasteiger partial charge in [0, 0.05) is 11.1 Å². The standard InChI is InChI=1S/C22H15N3O3S/c1-12-18(26)15-9-6-10-16(20(15)28-19(12)14-7-4-3-5-8-14)21(27)24-22-17(11-23)13(2)25-29-22/h3-10H,1-2H3,(H,24,27). The molecule has 0 saturated heterocycles. The van der Waals surface area contributed by atoms with Crippen LogP contribution in [-0.2, 0) is 0 Å². The highest BCUT2D eigenvalue weighted by molar-refractivity contribution is 7.10. The van der Waals surface area contributed by atoms with Gasteiger partial charge in [0.15, 0.2) is 11.0 Å². The summed E-state index contributed by atoms with van der Waals surface area (Å²) in [5.41, 5.74) is 2.34. The molecule has 0 aliphatic carbocycles. The quantitative estimate of drug-likeness (QED) is 0.539. The summed E-state index contributed by atoms with van der Waals surface area (Å²) in [5, 5.41) is 12.7. The third-order valence-corrected chi connectivity index (χ3v) is 5.48. The van der Waals surface area contributed by atoms with Gasteiger partial charge >= 0.3 is 0 Å². The average Bonchev–Trinajstić information content (AvgIpc) is 3.09. The number of nitrogens with zero attached hydrogens (tertiary/aromatic N) is 2. The van der Waals surface area contributed by atoms with Gasteiger partial charge in [-0.3, -0.25) is 9.59 Å². The first kappa shape index (κ1) is 18.6. The molecule has 4 rings (SSSR count). The monoisotopic (exact) mass is 401 g/mol. The predicted octanol–water partition coefficient (Wildman–Crippen LogP) is 4.66. The second-order valence-electron chi connectivity index (χ2n) is 6.47. The SMILES string of the molecule is Cc1nsc(NC(=O)c2cccc3c(=O)c(C)c(-c4ccccc4)oc23)c1C#N. The van der Waals surface area contributed by atoms with Gasteiger partial charge < -0.3 is 9.73 Å². The van der Waals surface area contributed by atoms with Gasteiger partial charge in [0.2, 0.25) is 0 Å². The smallest absolute Gasteiger partial charge is 0.260 e. The molecule has 0 spiro atoms. The molecule has 0 saturated carbocycles. The average molecular weight is 401 g/mol. The molecule has 0 fully saturated rings. The lowest BCUT2D eigenvalue weighted by Gasteiger charge is -2.10. The maximum absolute atomic E-state index is 12.9. The van der Waals surface area contributed by atoms with Crippen LogP contribution in [0.2, 0.25) is 0 Å². The van der Waals surface area contributed by atoms with Crippen molar-refractivity contribution in [1.82, 2.24) is 4.37 Å². The second-order valence-corrected chi connectivity index (χ2v) is 7.25. The number of nitrogens with one attached hydrogen (secondary N) is 1. The van der Waals surface area contributed by atoms with Crippen LogP contribution >= 0.6 is 11.5 Å². The number of nitriles is 1. The number of carbonyl (C=O) groups is 1. The zero-order valence-electron chi connectivity index (χ0n) is 15.6. The Morgan fingerprint density at radius 1 is 1.14 bits per heavy atom. The van der Waals surface area contributed by atoms with Crippen LogP contribution in [0.3, 0.4) is 0 Å². The third kappa shape index (κ3) is 3.20. The minimum Gasteiger partial charge on any atom is -0.455 e. The Hall–Kier alpha value is -3.76. The summed E-state index contributed by atoms with van der Waals surface area (Å²) in [6.07, 6.45) is 0. The van der Waals surface area contributed by atoms with E-state index in [4.69, 9.17) is 4.42 Å². The molecule has 4 aromatic rings. The minimum absolute atomic E-state index is 0.189. The van der Waals surface area contributed by atoms with Gasteiger partial charge in [0.1, 0.15) is 22.4 Å². The summed E-state index contributed by atoms with van der Waals surface area (Å²) in [4.78, 5) is 25.9. The van der Waals surface area contributed by atoms with E-state index in [0.29, 0.717) is 33.0 Å². The summed E-state index contributed by atoms with van der Waals surface area (Å²) < 4.78 is 10.2. The van der Waals surface area contributed by atoms with E-state index in [-0.39, 0.29) is 16.6 Å². The fraction of sp³-hybridized carbons (Fsp3) is 0.0909. The van der Waals surface area contributed by atoms with Crippen molar-refractivity contribution >= 4 is 33.4 Å². The summed E-state index contributed by atoms with van der Waals surface area (Å²) in [6, 6.07) is 16.2. The van der Waals surface area contributed by atoms with Crippen molar-refractivity contribution in [1.29, 1.82) is 5.26 Å². The zero-order chi connectivity index (χ0) is 20.5. The number of fused-ring (bicyclic) bond motifs is 1. The van der Waals surface area contributed by atoms with Gasteiger partial charge in [-0.25, -0.2) is 0 Å². The number of benzene rings is 2. The Morgan fingerprint density at radius 3 is 2.62 bits per heavy atom. The van der Waals surface area contributed by atoms with Crippen LogP contribution < -0.4 is 10.7 Å². The number of aryl methyl sites for hydroxylation is 1. The lowest BCUT2D eigenvalue weighted by atomic mass is 10.0. The third-order valence-electron chi connectivity index (χ3n) is 4.63.